The highest BCUT2D eigenvalue weighted by Crippen LogP contribution is 2.42. The number of nitrogens with one attached hydrogen (secondary N) is 1. The van der Waals surface area contributed by atoms with E-state index in [2.05, 4.69) is 10.3 Å². The summed E-state index contributed by atoms with van der Waals surface area (Å²) in [5.74, 6) is 5.49. The topological polar surface area (TPSA) is 41.3 Å². The minimum absolute atomic E-state index is 0.151. The molecule has 0 aliphatic heterocycles. The van der Waals surface area contributed by atoms with Gasteiger partial charge in [-0.3, -0.25) is 11.3 Å². The Kier molecular flexibility index (Phi) is 5.02. The molecule has 1 saturated carbocycles. The SMILES string of the molecule is CN(C)C1(C(NN)c2ccc(Cl)cc2F)CCCCC1. The average molecular weight is 300 g/mol. The molecule has 0 heterocycles. The van der Waals surface area contributed by atoms with Crippen LogP contribution in [0.25, 0.3) is 0 Å². The summed E-state index contributed by atoms with van der Waals surface area (Å²) >= 11 is 5.85. The lowest BCUT2D eigenvalue weighted by Gasteiger charge is -2.48. The minimum atomic E-state index is -0.299. The van der Waals surface area contributed by atoms with Gasteiger partial charge in [0.15, 0.2) is 0 Å². The molecule has 20 heavy (non-hydrogen) atoms. The first-order valence-electron chi connectivity index (χ1n) is 7.10. The highest BCUT2D eigenvalue weighted by molar-refractivity contribution is 6.30. The van der Waals surface area contributed by atoms with Gasteiger partial charge in [0.05, 0.1) is 6.04 Å². The van der Waals surface area contributed by atoms with Gasteiger partial charge < -0.3 is 4.90 Å². The fourth-order valence-corrected chi connectivity index (χ4v) is 3.59. The fraction of sp³-hybridized carbons (Fsp3) is 0.600. The van der Waals surface area contributed by atoms with E-state index in [1.54, 1.807) is 12.1 Å². The summed E-state index contributed by atoms with van der Waals surface area (Å²) in [6.07, 6.45) is 5.54. The Balaban J connectivity index is 2.42. The van der Waals surface area contributed by atoms with Crippen molar-refractivity contribution < 1.29 is 4.39 Å². The van der Waals surface area contributed by atoms with Crippen LogP contribution in [0, 0.1) is 5.82 Å². The van der Waals surface area contributed by atoms with E-state index in [1.807, 2.05) is 14.1 Å². The quantitative estimate of drug-likeness (QED) is 0.662. The molecule has 2 rings (SSSR count). The zero-order valence-corrected chi connectivity index (χ0v) is 12.9. The summed E-state index contributed by atoms with van der Waals surface area (Å²) in [4.78, 5) is 2.19. The molecule has 1 atom stereocenters. The van der Waals surface area contributed by atoms with Gasteiger partial charge in [0.1, 0.15) is 5.82 Å². The van der Waals surface area contributed by atoms with E-state index >= 15 is 0 Å². The number of rotatable bonds is 4. The maximum Gasteiger partial charge on any atom is 0.129 e. The number of benzene rings is 1. The molecule has 1 unspecified atom stereocenters. The number of hydrazine groups is 1. The molecule has 0 saturated heterocycles. The maximum absolute atomic E-state index is 14.3. The van der Waals surface area contributed by atoms with E-state index in [0.29, 0.717) is 10.6 Å². The van der Waals surface area contributed by atoms with Crippen molar-refractivity contribution in [1.29, 1.82) is 0 Å². The summed E-state index contributed by atoms with van der Waals surface area (Å²) in [5, 5.41) is 0.407. The van der Waals surface area contributed by atoms with Gasteiger partial charge in [-0.25, -0.2) is 4.39 Å². The van der Waals surface area contributed by atoms with Crippen molar-refractivity contribution in [3.05, 3.63) is 34.6 Å². The van der Waals surface area contributed by atoms with E-state index in [0.717, 1.165) is 25.7 Å². The van der Waals surface area contributed by atoms with Crippen molar-refractivity contribution >= 4 is 11.6 Å². The fourth-order valence-electron chi connectivity index (χ4n) is 3.43. The van der Waals surface area contributed by atoms with Gasteiger partial charge in [-0.15, -0.1) is 0 Å². The molecule has 5 heteroatoms. The lowest BCUT2D eigenvalue weighted by atomic mass is 9.73. The standard InChI is InChI=1S/C15H23ClFN3/c1-20(2)15(8-4-3-5-9-15)14(19-18)12-7-6-11(16)10-13(12)17/h6-7,10,14,19H,3-5,8-9,18H2,1-2H3. The molecule has 0 aromatic heterocycles. The molecule has 1 aromatic carbocycles. The number of hydrogen-bond donors (Lipinski definition) is 2. The van der Waals surface area contributed by atoms with Crippen LogP contribution in [0.4, 0.5) is 4.39 Å². The van der Waals surface area contributed by atoms with Crippen molar-refractivity contribution in [3.63, 3.8) is 0 Å². The summed E-state index contributed by atoms with van der Waals surface area (Å²) in [5.41, 5.74) is 3.28. The van der Waals surface area contributed by atoms with Gasteiger partial charge in [0.2, 0.25) is 0 Å². The van der Waals surface area contributed by atoms with Crippen LogP contribution in [0.2, 0.25) is 5.02 Å². The van der Waals surface area contributed by atoms with Crippen molar-refractivity contribution in [3.8, 4) is 0 Å². The monoisotopic (exact) mass is 299 g/mol. The van der Waals surface area contributed by atoms with Crippen molar-refractivity contribution in [2.75, 3.05) is 14.1 Å². The third-order valence-corrected chi connectivity index (χ3v) is 4.82. The molecular weight excluding hydrogens is 277 g/mol. The summed E-state index contributed by atoms with van der Waals surface area (Å²) in [7, 11) is 4.09. The van der Waals surface area contributed by atoms with E-state index < -0.39 is 0 Å². The number of likely N-dealkylation sites (N-methyl/N-ethyl adjacent to an activating group) is 1. The lowest BCUT2D eigenvalue weighted by molar-refractivity contribution is 0.0550. The Morgan fingerprint density at radius 1 is 1.30 bits per heavy atom. The zero-order chi connectivity index (χ0) is 14.8. The van der Waals surface area contributed by atoms with E-state index in [4.69, 9.17) is 17.4 Å². The third kappa shape index (κ3) is 2.84. The molecule has 3 nitrogen and oxygen atoms in total. The summed E-state index contributed by atoms with van der Waals surface area (Å²) < 4.78 is 14.3. The van der Waals surface area contributed by atoms with Crippen LogP contribution >= 0.6 is 11.6 Å². The first-order valence-corrected chi connectivity index (χ1v) is 7.47. The first-order chi connectivity index (χ1) is 9.51. The van der Waals surface area contributed by atoms with Crippen LogP contribution < -0.4 is 11.3 Å². The average Bonchev–Trinajstić information content (AvgIpc) is 2.43. The second kappa shape index (κ2) is 6.39. The molecule has 0 radical (unpaired) electrons. The van der Waals surface area contributed by atoms with Crippen LogP contribution in [-0.4, -0.2) is 24.5 Å². The molecule has 0 spiro atoms. The highest BCUT2D eigenvalue weighted by Gasteiger charge is 2.43. The molecule has 1 fully saturated rings. The Labute approximate surface area is 125 Å². The van der Waals surface area contributed by atoms with Gasteiger partial charge in [-0.05, 0) is 39.1 Å². The van der Waals surface area contributed by atoms with E-state index in [9.17, 15) is 4.39 Å². The Hall–Kier alpha value is -0.680. The van der Waals surface area contributed by atoms with Gasteiger partial charge in [-0.2, -0.15) is 0 Å². The molecule has 0 bridgehead atoms. The second-order valence-electron chi connectivity index (χ2n) is 5.82. The minimum Gasteiger partial charge on any atom is -0.302 e. The van der Waals surface area contributed by atoms with Crippen LogP contribution in [0.5, 0.6) is 0 Å². The maximum atomic E-state index is 14.3. The number of nitrogens with zero attached hydrogens (tertiary/aromatic N) is 1. The van der Waals surface area contributed by atoms with Crippen molar-refractivity contribution in [2.24, 2.45) is 5.84 Å². The van der Waals surface area contributed by atoms with Crippen LogP contribution in [0.3, 0.4) is 0 Å². The number of halogens is 2. The summed E-state index contributed by atoms with van der Waals surface area (Å²) in [6, 6.07) is 4.57. The van der Waals surface area contributed by atoms with E-state index in [-0.39, 0.29) is 17.4 Å². The lowest BCUT2D eigenvalue weighted by Crippen LogP contribution is -2.56. The van der Waals surface area contributed by atoms with Crippen molar-refractivity contribution in [1.82, 2.24) is 10.3 Å². The molecule has 3 N–H and O–H groups in total. The third-order valence-electron chi connectivity index (χ3n) is 4.59. The number of nitrogens with two attached hydrogens (primary N) is 1. The molecule has 1 aliphatic rings. The predicted octanol–water partition coefficient (Wildman–Crippen LogP) is 3.25. The zero-order valence-electron chi connectivity index (χ0n) is 12.1. The molecule has 0 amide bonds. The molecule has 1 aliphatic carbocycles. The van der Waals surface area contributed by atoms with Crippen LogP contribution in [0.1, 0.15) is 43.7 Å². The predicted molar refractivity (Wildman–Crippen MR) is 81.0 cm³/mol. The van der Waals surface area contributed by atoms with Crippen LogP contribution in [-0.2, 0) is 0 Å². The molecular formula is C15H23ClFN3. The van der Waals surface area contributed by atoms with Gasteiger partial charge in [0.25, 0.3) is 0 Å². The van der Waals surface area contributed by atoms with Gasteiger partial charge in [0, 0.05) is 16.1 Å². The highest BCUT2D eigenvalue weighted by atomic mass is 35.5. The second-order valence-corrected chi connectivity index (χ2v) is 6.26. The first kappa shape index (κ1) is 15.7. The Bertz CT molecular complexity index is 458. The summed E-state index contributed by atoms with van der Waals surface area (Å²) in [6.45, 7) is 0. The number of hydrogen-bond acceptors (Lipinski definition) is 3. The Morgan fingerprint density at radius 2 is 1.95 bits per heavy atom. The van der Waals surface area contributed by atoms with Gasteiger partial charge in [-0.1, -0.05) is 36.9 Å². The Morgan fingerprint density at radius 3 is 2.45 bits per heavy atom. The van der Waals surface area contributed by atoms with Gasteiger partial charge >= 0.3 is 0 Å². The molecule has 112 valence electrons. The smallest absolute Gasteiger partial charge is 0.129 e. The normalized spacial score (nSPS) is 20.1. The van der Waals surface area contributed by atoms with Crippen LogP contribution in [0.15, 0.2) is 18.2 Å². The van der Waals surface area contributed by atoms with E-state index in [1.165, 1.54) is 12.5 Å². The van der Waals surface area contributed by atoms with Crippen molar-refractivity contribution in [2.45, 2.75) is 43.7 Å². The largest absolute Gasteiger partial charge is 0.302 e. The molecule has 1 aromatic rings.